The van der Waals surface area contributed by atoms with Gasteiger partial charge in [-0.25, -0.2) is 0 Å². The van der Waals surface area contributed by atoms with Gasteiger partial charge < -0.3 is 18.9 Å². The van der Waals surface area contributed by atoms with Crippen LogP contribution in [-0.2, 0) is 6.42 Å². The highest BCUT2D eigenvalue weighted by atomic mass is 16.5. The summed E-state index contributed by atoms with van der Waals surface area (Å²) < 4.78 is 22.1. The van der Waals surface area contributed by atoms with Crippen LogP contribution in [0.2, 0.25) is 0 Å². The summed E-state index contributed by atoms with van der Waals surface area (Å²) in [5, 5.41) is 0. The number of fused-ring (bicyclic) bond motifs is 1. The van der Waals surface area contributed by atoms with Gasteiger partial charge in [-0.05, 0) is 62.2 Å². The predicted molar refractivity (Wildman–Crippen MR) is 109 cm³/mol. The first-order chi connectivity index (χ1) is 13.4. The van der Waals surface area contributed by atoms with E-state index in [0.717, 1.165) is 16.9 Å². The summed E-state index contributed by atoms with van der Waals surface area (Å²) in [6.07, 6.45) is 4.89. The van der Waals surface area contributed by atoms with Gasteiger partial charge in [0.2, 0.25) is 0 Å². The molecule has 0 spiro atoms. The summed E-state index contributed by atoms with van der Waals surface area (Å²) in [6.45, 7) is 3.97. The minimum absolute atomic E-state index is 0.0210. The minimum Gasteiger partial charge on any atom is -0.495 e. The van der Waals surface area contributed by atoms with Crippen molar-refractivity contribution in [3.63, 3.8) is 0 Å². The lowest BCUT2D eigenvalue weighted by Gasteiger charge is -2.29. The van der Waals surface area contributed by atoms with Crippen LogP contribution in [0, 0.1) is 0 Å². The number of rotatable bonds is 7. The van der Waals surface area contributed by atoms with E-state index in [0.29, 0.717) is 35.7 Å². The molecule has 148 valence electrons. The highest BCUT2D eigenvalue weighted by Gasteiger charge is 2.26. The molecule has 28 heavy (non-hydrogen) atoms. The molecule has 0 aromatic heterocycles. The number of methoxy groups -OCH3 is 3. The topological polar surface area (TPSA) is 54.0 Å². The molecular weight excluding hydrogens is 356 g/mol. The summed E-state index contributed by atoms with van der Waals surface area (Å²) in [7, 11) is 4.78. The molecule has 2 aromatic carbocycles. The molecule has 0 aliphatic carbocycles. The molecule has 5 nitrogen and oxygen atoms in total. The van der Waals surface area contributed by atoms with Crippen LogP contribution in [0.3, 0.4) is 0 Å². The first-order valence-electron chi connectivity index (χ1n) is 9.22. The predicted octanol–water partition coefficient (Wildman–Crippen LogP) is 4.71. The van der Waals surface area contributed by atoms with Gasteiger partial charge in [0.25, 0.3) is 0 Å². The van der Waals surface area contributed by atoms with E-state index < -0.39 is 0 Å². The van der Waals surface area contributed by atoms with Crippen molar-refractivity contribution in [2.24, 2.45) is 0 Å². The van der Waals surface area contributed by atoms with E-state index >= 15 is 0 Å². The van der Waals surface area contributed by atoms with Crippen molar-refractivity contribution in [2.45, 2.75) is 32.3 Å². The van der Waals surface area contributed by atoms with Gasteiger partial charge >= 0.3 is 0 Å². The number of hydrogen-bond donors (Lipinski definition) is 0. The van der Waals surface area contributed by atoms with Gasteiger partial charge in [0, 0.05) is 6.42 Å². The second-order valence-electron chi connectivity index (χ2n) is 7.21. The van der Waals surface area contributed by atoms with Crippen LogP contribution in [0.25, 0.3) is 6.08 Å². The van der Waals surface area contributed by atoms with Gasteiger partial charge in [-0.15, -0.1) is 0 Å². The number of benzene rings is 2. The van der Waals surface area contributed by atoms with E-state index in [-0.39, 0.29) is 11.4 Å². The molecule has 3 rings (SSSR count). The van der Waals surface area contributed by atoms with E-state index in [1.54, 1.807) is 27.4 Å². The molecule has 0 atom stereocenters. The molecule has 0 saturated heterocycles. The van der Waals surface area contributed by atoms with E-state index in [4.69, 9.17) is 18.9 Å². The van der Waals surface area contributed by atoms with Crippen LogP contribution in [0.5, 0.6) is 23.0 Å². The molecule has 0 amide bonds. The molecule has 0 bridgehead atoms. The summed E-state index contributed by atoms with van der Waals surface area (Å²) >= 11 is 0. The van der Waals surface area contributed by atoms with Crippen LogP contribution < -0.4 is 18.9 Å². The number of Topliss-reactive ketones (excluding diaryl/α,β-unsaturated/α-hetero) is 1. The molecule has 0 fully saturated rings. The summed E-state index contributed by atoms with van der Waals surface area (Å²) in [4.78, 5) is 12.9. The highest BCUT2D eigenvalue weighted by Crippen LogP contribution is 2.39. The molecule has 0 saturated carbocycles. The Balaban J connectivity index is 1.80. The van der Waals surface area contributed by atoms with E-state index in [1.807, 2.05) is 50.3 Å². The zero-order valence-corrected chi connectivity index (χ0v) is 17.0. The monoisotopic (exact) mass is 382 g/mol. The second kappa shape index (κ2) is 7.97. The van der Waals surface area contributed by atoms with Gasteiger partial charge in [-0.1, -0.05) is 6.07 Å². The fraction of sp³-hybridized carbons (Fsp3) is 0.348. The summed E-state index contributed by atoms with van der Waals surface area (Å²) in [6, 6.07) is 9.31. The average Bonchev–Trinajstić information content (AvgIpc) is 2.69. The van der Waals surface area contributed by atoms with Crippen LogP contribution in [-0.4, -0.2) is 32.7 Å². The van der Waals surface area contributed by atoms with Crippen molar-refractivity contribution in [2.75, 3.05) is 21.3 Å². The Morgan fingerprint density at radius 2 is 1.75 bits per heavy atom. The lowest BCUT2D eigenvalue weighted by atomic mass is 9.96. The number of aryl methyl sites for hydroxylation is 1. The Bertz CT molecular complexity index is 911. The Hall–Kier alpha value is -2.95. The third-order valence-corrected chi connectivity index (χ3v) is 4.77. The molecule has 1 aliphatic heterocycles. The van der Waals surface area contributed by atoms with Crippen molar-refractivity contribution in [1.82, 2.24) is 0 Å². The smallest absolute Gasteiger partial charge is 0.166 e. The number of hydrogen-bond acceptors (Lipinski definition) is 5. The standard InChI is InChI=1S/C23H26O5/c1-23(2)13-12-17-19(28-23)11-8-16(22(17)27-5)18(24)9-6-15-7-10-20(25-3)21(14-15)26-4/h7-8,10-14H,6,9H2,1-5H3. The van der Waals surface area contributed by atoms with E-state index in [1.165, 1.54) is 0 Å². The van der Waals surface area contributed by atoms with Crippen molar-refractivity contribution in [3.05, 3.63) is 53.1 Å². The maximum Gasteiger partial charge on any atom is 0.166 e. The first kappa shape index (κ1) is 19.8. The third-order valence-electron chi connectivity index (χ3n) is 4.77. The zero-order valence-electron chi connectivity index (χ0n) is 17.0. The van der Waals surface area contributed by atoms with Gasteiger partial charge in [0.05, 0.1) is 32.5 Å². The molecule has 1 aliphatic rings. The third kappa shape index (κ3) is 3.98. The molecule has 5 heteroatoms. The molecule has 0 N–H and O–H groups in total. The SMILES string of the molecule is COc1ccc(CCC(=O)c2ccc3c(c2OC)C=CC(C)(C)O3)cc1OC. The molecular formula is C23H26O5. The normalized spacial score (nSPS) is 14.0. The summed E-state index contributed by atoms with van der Waals surface area (Å²) in [5.74, 6) is 2.63. The average molecular weight is 382 g/mol. The first-order valence-corrected chi connectivity index (χ1v) is 9.22. The fourth-order valence-corrected chi connectivity index (χ4v) is 3.30. The van der Waals surface area contributed by atoms with Gasteiger partial charge in [0.15, 0.2) is 17.3 Å². The lowest BCUT2D eigenvalue weighted by molar-refractivity contribution is 0.0979. The number of carbonyl (C=O) groups is 1. The molecule has 0 radical (unpaired) electrons. The summed E-state index contributed by atoms with van der Waals surface area (Å²) in [5.41, 5.74) is 2.00. The zero-order chi connectivity index (χ0) is 20.3. The van der Waals surface area contributed by atoms with Gasteiger partial charge in [0.1, 0.15) is 17.1 Å². The largest absolute Gasteiger partial charge is 0.495 e. The second-order valence-corrected chi connectivity index (χ2v) is 7.21. The number of carbonyl (C=O) groups excluding carboxylic acids is 1. The van der Waals surface area contributed by atoms with Crippen LogP contribution in [0.4, 0.5) is 0 Å². The Morgan fingerprint density at radius 3 is 2.43 bits per heavy atom. The molecule has 0 unspecified atom stereocenters. The Morgan fingerprint density at radius 1 is 1.00 bits per heavy atom. The Kier molecular flexibility index (Phi) is 5.63. The lowest BCUT2D eigenvalue weighted by Crippen LogP contribution is -2.27. The molecule has 2 aromatic rings. The van der Waals surface area contributed by atoms with Gasteiger partial charge in [-0.2, -0.15) is 0 Å². The van der Waals surface area contributed by atoms with Crippen molar-refractivity contribution >= 4 is 11.9 Å². The van der Waals surface area contributed by atoms with Crippen molar-refractivity contribution in [1.29, 1.82) is 0 Å². The van der Waals surface area contributed by atoms with E-state index in [2.05, 4.69) is 0 Å². The number of ether oxygens (including phenoxy) is 4. The Labute approximate surface area is 165 Å². The quantitative estimate of drug-likeness (QED) is 0.649. The van der Waals surface area contributed by atoms with Crippen molar-refractivity contribution in [3.8, 4) is 23.0 Å². The number of ketones is 1. The van der Waals surface area contributed by atoms with Gasteiger partial charge in [-0.3, -0.25) is 4.79 Å². The van der Waals surface area contributed by atoms with Crippen LogP contribution in [0.15, 0.2) is 36.4 Å². The van der Waals surface area contributed by atoms with Crippen molar-refractivity contribution < 1.29 is 23.7 Å². The highest BCUT2D eigenvalue weighted by molar-refractivity contribution is 6.00. The maximum absolute atomic E-state index is 12.9. The fourth-order valence-electron chi connectivity index (χ4n) is 3.30. The minimum atomic E-state index is -0.378. The maximum atomic E-state index is 12.9. The van der Waals surface area contributed by atoms with E-state index in [9.17, 15) is 4.79 Å². The van der Waals surface area contributed by atoms with Crippen LogP contribution >= 0.6 is 0 Å². The van der Waals surface area contributed by atoms with Crippen LogP contribution in [0.1, 0.15) is 41.8 Å². The molecule has 1 heterocycles.